The number of aliphatic hydroxyl groups excluding tert-OH is 1. The number of rotatable bonds is 19. The van der Waals surface area contributed by atoms with Crippen LogP contribution in [0.3, 0.4) is 0 Å². The molecular weight excluding hydrogens is 425 g/mol. The molecule has 0 aliphatic heterocycles. The molecule has 0 bridgehead atoms. The normalized spacial score (nSPS) is 12.2. The Labute approximate surface area is 188 Å². The second kappa shape index (κ2) is 23.6. The van der Waals surface area contributed by atoms with E-state index in [0.29, 0.717) is 0 Å². The van der Waals surface area contributed by atoms with E-state index < -0.39 is 7.82 Å². The summed E-state index contributed by atoms with van der Waals surface area (Å²) >= 11 is 1.84. The minimum atomic E-state index is -4.64. The largest absolute Gasteiger partial charge is 0.466 e. The summed E-state index contributed by atoms with van der Waals surface area (Å²) in [6.45, 7) is 3.81. The second-order valence-electron chi connectivity index (χ2n) is 7.76. The first kappa shape index (κ1) is 32.1. The van der Waals surface area contributed by atoms with Gasteiger partial charge in [-0.15, -0.1) is 0 Å². The second-order valence-corrected chi connectivity index (χ2v) is 9.94. The van der Waals surface area contributed by atoms with Crippen molar-refractivity contribution in [2.24, 2.45) is 0 Å². The van der Waals surface area contributed by atoms with Crippen molar-refractivity contribution in [2.45, 2.75) is 110 Å². The SMILES string of the molecule is CCCCCCCCCCCCCCCCSCC(CO)NC(C)=O.O=P(O)(O)O. The number of phosphoric acid groups is 1. The summed E-state index contributed by atoms with van der Waals surface area (Å²) in [7, 11) is -4.64. The highest BCUT2D eigenvalue weighted by atomic mass is 32.2. The van der Waals surface area contributed by atoms with Crippen LogP contribution in [-0.2, 0) is 9.36 Å². The summed E-state index contributed by atoms with van der Waals surface area (Å²) in [5.41, 5.74) is 0. The molecule has 1 unspecified atom stereocenters. The Balaban J connectivity index is 0. The van der Waals surface area contributed by atoms with Gasteiger partial charge in [0.15, 0.2) is 0 Å². The standard InChI is InChI=1S/C21H43NO2S.H3O4P/c1-3-4-5-6-7-8-9-10-11-12-13-14-15-16-17-25-19-21(18-23)22-20(2)24;1-5(2,3)4/h21,23H,3-19H2,1-2H3,(H,22,24);(H3,1,2,3,4). The third kappa shape index (κ3) is 35.3. The molecule has 0 heterocycles. The molecule has 0 aromatic carbocycles. The summed E-state index contributed by atoms with van der Waals surface area (Å²) in [6.07, 6.45) is 19.5. The van der Waals surface area contributed by atoms with Crippen LogP contribution in [0, 0.1) is 0 Å². The molecule has 7 nitrogen and oxygen atoms in total. The Morgan fingerprint density at radius 3 is 1.53 bits per heavy atom. The number of carbonyl (C=O) groups excluding carboxylic acids is 1. The smallest absolute Gasteiger partial charge is 0.394 e. The quantitative estimate of drug-likeness (QED) is 0.136. The maximum absolute atomic E-state index is 11.0. The molecule has 30 heavy (non-hydrogen) atoms. The highest BCUT2D eigenvalue weighted by molar-refractivity contribution is 7.99. The van der Waals surface area contributed by atoms with E-state index in [0.717, 1.165) is 11.5 Å². The molecule has 0 aliphatic carbocycles. The number of aliphatic hydroxyl groups is 1. The van der Waals surface area contributed by atoms with E-state index >= 15 is 0 Å². The highest BCUT2D eigenvalue weighted by Crippen LogP contribution is 2.25. The number of hydrogen-bond donors (Lipinski definition) is 5. The topological polar surface area (TPSA) is 127 Å². The van der Waals surface area contributed by atoms with E-state index in [2.05, 4.69) is 12.2 Å². The molecule has 1 atom stereocenters. The molecule has 0 rings (SSSR count). The van der Waals surface area contributed by atoms with Crippen LogP contribution < -0.4 is 5.32 Å². The van der Waals surface area contributed by atoms with Crippen LogP contribution in [0.5, 0.6) is 0 Å². The molecule has 0 aromatic heterocycles. The predicted octanol–water partition coefficient (Wildman–Crippen LogP) is 4.77. The van der Waals surface area contributed by atoms with Crippen molar-refractivity contribution >= 4 is 25.5 Å². The molecule has 9 heteroatoms. The molecule has 0 radical (unpaired) electrons. The minimum absolute atomic E-state index is 0.0331. The molecule has 0 spiro atoms. The van der Waals surface area contributed by atoms with E-state index in [1.54, 1.807) is 0 Å². The van der Waals surface area contributed by atoms with Gasteiger partial charge in [0.05, 0.1) is 12.6 Å². The number of hydrogen-bond acceptors (Lipinski definition) is 4. The zero-order valence-electron chi connectivity index (χ0n) is 19.1. The van der Waals surface area contributed by atoms with Gasteiger partial charge in [0.2, 0.25) is 5.91 Å². The number of nitrogens with one attached hydrogen (secondary N) is 1. The van der Waals surface area contributed by atoms with Gasteiger partial charge in [-0.2, -0.15) is 11.8 Å². The van der Waals surface area contributed by atoms with E-state index in [1.165, 1.54) is 96.8 Å². The van der Waals surface area contributed by atoms with E-state index in [4.69, 9.17) is 19.2 Å². The van der Waals surface area contributed by atoms with Gasteiger partial charge in [-0.05, 0) is 12.2 Å². The van der Waals surface area contributed by atoms with Crippen molar-refractivity contribution < 1.29 is 29.1 Å². The van der Waals surface area contributed by atoms with Crippen LogP contribution in [0.25, 0.3) is 0 Å². The Morgan fingerprint density at radius 1 is 0.833 bits per heavy atom. The van der Waals surface area contributed by atoms with Crippen LogP contribution in [0.4, 0.5) is 0 Å². The van der Waals surface area contributed by atoms with Gasteiger partial charge in [0, 0.05) is 12.7 Å². The molecule has 0 aliphatic rings. The molecule has 1 amide bonds. The maximum Gasteiger partial charge on any atom is 0.466 e. The van der Waals surface area contributed by atoms with Gasteiger partial charge in [0.25, 0.3) is 0 Å². The summed E-state index contributed by atoms with van der Waals surface area (Å²) in [5, 5.41) is 11.9. The van der Waals surface area contributed by atoms with Crippen LogP contribution in [0.2, 0.25) is 0 Å². The monoisotopic (exact) mass is 471 g/mol. The Hall–Kier alpha value is -0.110. The lowest BCUT2D eigenvalue weighted by atomic mass is 10.0. The fraction of sp³-hybridized carbons (Fsp3) is 0.952. The number of carbonyl (C=O) groups is 1. The van der Waals surface area contributed by atoms with E-state index in [9.17, 15) is 9.90 Å². The molecule has 0 aromatic rings. The van der Waals surface area contributed by atoms with E-state index in [1.807, 2.05) is 11.8 Å². The number of amides is 1. The van der Waals surface area contributed by atoms with Crippen molar-refractivity contribution in [1.82, 2.24) is 5.32 Å². The molecular formula is C21H46NO6PS. The van der Waals surface area contributed by atoms with E-state index in [-0.39, 0.29) is 18.6 Å². The first-order chi connectivity index (χ1) is 14.2. The fourth-order valence-electron chi connectivity index (χ4n) is 3.05. The van der Waals surface area contributed by atoms with Crippen molar-refractivity contribution in [1.29, 1.82) is 0 Å². The third-order valence-corrected chi connectivity index (χ3v) is 5.80. The van der Waals surface area contributed by atoms with Crippen LogP contribution in [-0.4, -0.2) is 49.8 Å². The first-order valence-corrected chi connectivity index (χ1v) is 14.2. The van der Waals surface area contributed by atoms with Gasteiger partial charge in [0.1, 0.15) is 0 Å². The van der Waals surface area contributed by atoms with Gasteiger partial charge >= 0.3 is 7.82 Å². The molecule has 0 saturated carbocycles. The van der Waals surface area contributed by atoms with Crippen LogP contribution in [0.1, 0.15) is 104 Å². The first-order valence-electron chi connectivity index (χ1n) is 11.4. The van der Waals surface area contributed by atoms with Gasteiger partial charge < -0.3 is 25.1 Å². The van der Waals surface area contributed by atoms with Gasteiger partial charge in [-0.1, -0.05) is 90.4 Å². The Kier molecular flexibility index (Phi) is 25.2. The molecule has 0 fully saturated rings. The predicted molar refractivity (Wildman–Crippen MR) is 127 cm³/mol. The average molecular weight is 472 g/mol. The maximum atomic E-state index is 11.0. The summed E-state index contributed by atoms with van der Waals surface area (Å²) in [4.78, 5) is 32.5. The summed E-state index contributed by atoms with van der Waals surface area (Å²) < 4.78 is 8.88. The number of unbranched alkanes of at least 4 members (excludes halogenated alkanes) is 13. The highest BCUT2D eigenvalue weighted by Gasteiger charge is 2.07. The lowest BCUT2D eigenvalue weighted by Gasteiger charge is -2.14. The van der Waals surface area contributed by atoms with Crippen molar-refractivity contribution in [3.05, 3.63) is 0 Å². The third-order valence-electron chi connectivity index (χ3n) is 4.59. The van der Waals surface area contributed by atoms with Crippen molar-refractivity contribution in [3.8, 4) is 0 Å². The van der Waals surface area contributed by atoms with Crippen LogP contribution in [0.15, 0.2) is 0 Å². The lowest BCUT2D eigenvalue weighted by Crippen LogP contribution is -2.37. The molecule has 5 N–H and O–H groups in total. The number of thioether (sulfide) groups is 1. The van der Waals surface area contributed by atoms with Gasteiger partial charge in [-0.3, -0.25) is 4.79 Å². The summed E-state index contributed by atoms with van der Waals surface area (Å²) in [5.74, 6) is 1.89. The summed E-state index contributed by atoms with van der Waals surface area (Å²) in [6, 6.07) is -0.0888. The van der Waals surface area contributed by atoms with Crippen molar-refractivity contribution in [3.63, 3.8) is 0 Å². The molecule has 0 saturated heterocycles. The zero-order chi connectivity index (χ0) is 23.1. The average Bonchev–Trinajstić information content (AvgIpc) is 2.65. The zero-order valence-corrected chi connectivity index (χ0v) is 20.8. The lowest BCUT2D eigenvalue weighted by molar-refractivity contribution is -0.119. The fourth-order valence-corrected chi connectivity index (χ4v) is 4.10. The van der Waals surface area contributed by atoms with Crippen LogP contribution >= 0.6 is 19.6 Å². The minimum Gasteiger partial charge on any atom is -0.394 e. The van der Waals surface area contributed by atoms with Crippen molar-refractivity contribution in [2.75, 3.05) is 18.1 Å². The Bertz CT molecular complexity index is 414. The van der Waals surface area contributed by atoms with Gasteiger partial charge in [-0.25, -0.2) is 4.57 Å². The Morgan fingerprint density at radius 2 is 1.20 bits per heavy atom. The molecule has 182 valence electrons.